The smallest absolute Gasteiger partial charge is 0.261 e. The average molecular weight is 439 g/mol. The van der Waals surface area contributed by atoms with Crippen molar-refractivity contribution in [1.29, 1.82) is 0 Å². The number of hydrogen-bond acceptors (Lipinski definition) is 3. The first-order valence-electron chi connectivity index (χ1n) is 4.88. The Morgan fingerprint density at radius 2 is 1.83 bits per heavy atom. The van der Waals surface area contributed by atoms with E-state index in [0.29, 0.717) is 10.3 Å². The SMILES string of the molecule is O=S(=O)(Nc1cccnc1Br)c1ccc(I)cc1. The summed E-state index contributed by atoms with van der Waals surface area (Å²) >= 11 is 5.31. The number of benzene rings is 1. The molecule has 0 amide bonds. The third-order valence-electron chi connectivity index (χ3n) is 2.13. The number of pyridine rings is 1. The molecule has 0 aliphatic heterocycles. The van der Waals surface area contributed by atoms with E-state index >= 15 is 0 Å². The Bertz CT molecular complexity index is 659. The first-order valence-corrected chi connectivity index (χ1v) is 8.23. The molecule has 94 valence electrons. The van der Waals surface area contributed by atoms with Gasteiger partial charge in [0.2, 0.25) is 0 Å². The van der Waals surface area contributed by atoms with Gasteiger partial charge in [0.05, 0.1) is 10.6 Å². The largest absolute Gasteiger partial charge is 0.277 e. The number of nitrogens with zero attached hydrogens (tertiary/aromatic N) is 1. The molecule has 0 unspecified atom stereocenters. The summed E-state index contributed by atoms with van der Waals surface area (Å²) in [6.45, 7) is 0. The molecule has 2 rings (SSSR count). The molecule has 18 heavy (non-hydrogen) atoms. The second kappa shape index (κ2) is 5.54. The van der Waals surface area contributed by atoms with Gasteiger partial charge in [-0.1, -0.05) is 0 Å². The van der Waals surface area contributed by atoms with Crippen molar-refractivity contribution in [2.75, 3.05) is 4.72 Å². The summed E-state index contributed by atoms with van der Waals surface area (Å²) in [6, 6.07) is 9.92. The fourth-order valence-corrected chi connectivity index (χ4v) is 3.19. The van der Waals surface area contributed by atoms with Gasteiger partial charge in [0.15, 0.2) is 0 Å². The zero-order chi connectivity index (χ0) is 13.2. The maximum absolute atomic E-state index is 12.1. The highest BCUT2D eigenvalue weighted by molar-refractivity contribution is 14.1. The molecule has 2 aromatic rings. The molecule has 1 aromatic carbocycles. The van der Waals surface area contributed by atoms with Crippen molar-refractivity contribution in [3.05, 3.63) is 50.8 Å². The second-order valence-electron chi connectivity index (χ2n) is 3.40. The van der Waals surface area contributed by atoms with E-state index in [9.17, 15) is 8.42 Å². The lowest BCUT2D eigenvalue weighted by molar-refractivity contribution is 0.601. The predicted molar refractivity (Wildman–Crippen MR) is 81.9 cm³/mol. The van der Waals surface area contributed by atoms with E-state index in [1.165, 1.54) is 0 Å². The van der Waals surface area contributed by atoms with Gasteiger partial charge in [-0.15, -0.1) is 0 Å². The first-order chi connectivity index (χ1) is 8.49. The maximum Gasteiger partial charge on any atom is 0.261 e. The third-order valence-corrected chi connectivity index (χ3v) is 4.86. The maximum atomic E-state index is 12.1. The molecule has 0 saturated carbocycles. The Labute approximate surface area is 127 Å². The molecule has 1 aromatic heterocycles. The van der Waals surface area contributed by atoms with Gasteiger partial charge in [0.1, 0.15) is 4.60 Å². The van der Waals surface area contributed by atoms with Crippen LogP contribution in [-0.2, 0) is 10.0 Å². The van der Waals surface area contributed by atoms with Crippen molar-refractivity contribution in [1.82, 2.24) is 4.98 Å². The Morgan fingerprint density at radius 1 is 1.17 bits per heavy atom. The molecule has 7 heteroatoms. The summed E-state index contributed by atoms with van der Waals surface area (Å²) in [7, 11) is -3.58. The summed E-state index contributed by atoms with van der Waals surface area (Å²) in [5.74, 6) is 0. The fourth-order valence-electron chi connectivity index (χ4n) is 1.28. The minimum atomic E-state index is -3.58. The zero-order valence-corrected chi connectivity index (χ0v) is 13.5. The van der Waals surface area contributed by atoms with E-state index < -0.39 is 10.0 Å². The third kappa shape index (κ3) is 3.21. The quantitative estimate of drug-likeness (QED) is 0.591. The highest BCUT2D eigenvalue weighted by Gasteiger charge is 2.15. The van der Waals surface area contributed by atoms with Crippen molar-refractivity contribution in [2.45, 2.75) is 4.90 Å². The molecule has 0 bridgehead atoms. The molecule has 0 aliphatic carbocycles. The lowest BCUT2D eigenvalue weighted by Gasteiger charge is -2.08. The number of aromatic nitrogens is 1. The number of rotatable bonds is 3. The second-order valence-corrected chi connectivity index (χ2v) is 7.08. The highest BCUT2D eigenvalue weighted by atomic mass is 127. The summed E-state index contributed by atoms with van der Waals surface area (Å²) in [4.78, 5) is 4.18. The molecule has 0 radical (unpaired) electrons. The fraction of sp³-hybridized carbons (Fsp3) is 0. The summed E-state index contributed by atoms with van der Waals surface area (Å²) < 4.78 is 28.1. The van der Waals surface area contributed by atoms with Gasteiger partial charge in [-0.2, -0.15) is 0 Å². The van der Waals surface area contributed by atoms with E-state index in [1.807, 2.05) is 0 Å². The van der Waals surface area contributed by atoms with Crippen LogP contribution in [0.1, 0.15) is 0 Å². The average Bonchev–Trinajstić information content (AvgIpc) is 2.32. The number of nitrogens with one attached hydrogen (secondary N) is 1. The van der Waals surface area contributed by atoms with Crippen LogP contribution in [0.25, 0.3) is 0 Å². The molecule has 0 spiro atoms. The molecule has 4 nitrogen and oxygen atoms in total. The van der Waals surface area contributed by atoms with E-state index in [2.05, 4.69) is 48.2 Å². The summed E-state index contributed by atoms with van der Waals surface area (Å²) in [5, 5.41) is 0. The van der Waals surface area contributed by atoms with Gasteiger partial charge >= 0.3 is 0 Å². The van der Waals surface area contributed by atoms with Crippen LogP contribution in [0.5, 0.6) is 0 Å². The first kappa shape index (κ1) is 13.8. The van der Waals surface area contributed by atoms with Gasteiger partial charge in [0.25, 0.3) is 10.0 Å². The van der Waals surface area contributed by atoms with Crippen LogP contribution in [0.2, 0.25) is 0 Å². The monoisotopic (exact) mass is 438 g/mol. The van der Waals surface area contributed by atoms with Crippen LogP contribution in [-0.4, -0.2) is 13.4 Å². The number of hydrogen-bond donors (Lipinski definition) is 1. The standard InChI is InChI=1S/C11H8BrIN2O2S/c12-11-10(2-1-7-14-11)15-18(16,17)9-5-3-8(13)4-6-9/h1-7,15H. The Balaban J connectivity index is 2.33. The Hall–Kier alpha value is -0.670. The van der Waals surface area contributed by atoms with E-state index in [0.717, 1.165) is 3.57 Å². The van der Waals surface area contributed by atoms with Gasteiger partial charge in [-0.25, -0.2) is 13.4 Å². The molecule has 0 saturated heterocycles. The van der Waals surface area contributed by atoms with Gasteiger partial charge < -0.3 is 0 Å². The van der Waals surface area contributed by atoms with Gasteiger partial charge in [-0.3, -0.25) is 4.72 Å². The van der Waals surface area contributed by atoms with E-state index in [-0.39, 0.29) is 4.90 Å². The van der Waals surface area contributed by atoms with Crippen LogP contribution < -0.4 is 4.72 Å². The Kier molecular flexibility index (Phi) is 4.23. The van der Waals surface area contributed by atoms with Crippen LogP contribution in [0.4, 0.5) is 5.69 Å². The number of anilines is 1. The molecular weight excluding hydrogens is 431 g/mol. The van der Waals surface area contributed by atoms with Gasteiger partial charge in [-0.05, 0) is 74.9 Å². The van der Waals surface area contributed by atoms with Crippen molar-refractivity contribution in [3.63, 3.8) is 0 Å². The number of sulfonamides is 1. The Morgan fingerprint density at radius 3 is 2.44 bits per heavy atom. The summed E-state index contributed by atoms with van der Waals surface area (Å²) in [5.41, 5.74) is 0.413. The molecule has 0 fully saturated rings. The number of halogens is 2. The van der Waals surface area contributed by atoms with E-state index in [1.54, 1.807) is 42.6 Å². The topological polar surface area (TPSA) is 59.1 Å². The van der Waals surface area contributed by atoms with Crippen molar-refractivity contribution >= 4 is 54.2 Å². The lowest BCUT2D eigenvalue weighted by atomic mass is 10.4. The van der Waals surface area contributed by atoms with Crippen molar-refractivity contribution < 1.29 is 8.42 Å². The van der Waals surface area contributed by atoms with Crippen molar-refractivity contribution in [2.24, 2.45) is 0 Å². The van der Waals surface area contributed by atoms with Crippen LogP contribution in [0.15, 0.2) is 52.1 Å². The van der Waals surface area contributed by atoms with Crippen LogP contribution in [0, 0.1) is 3.57 Å². The van der Waals surface area contributed by atoms with Crippen LogP contribution in [0.3, 0.4) is 0 Å². The normalized spacial score (nSPS) is 11.2. The molecule has 1 heterocycles. The predicted octanol–water partition coefficient (Wildman–Crippen LogP) is 3.25. The zero-order valence-electron chi connectivity index (χ0n) is 8.97. The lowest BCUT2D eigenvalue weighted by Crippen LogP contribution is -2.13. The molecule has 1 N–H and O–H groups in total. The minimum absolute atomic E-state index is 0.221. The summed E-state index contributed by atoms with van der Waals surface area (Å²) in [6.07, 6.45) is 1.58. The van der Waals surface area contributed by atoms with E-state index in [4.69, 9.17) is 0 Å². The van der Waals surface area contributed by atoms with Crippen LogP contribution >= 0.6 is 38.5 Å². The molecule has 0 atom stereocenters. The minimum Gasteiger partial charge on any atom is -0.277 e. The molecular formula is C11H8BrIN2O2S. The van der Waals surface area contributed by atoms with Gasteiger partial charge in [0, 0.05) is 9.77 Å². The van der Waals surface area contributed by atoms with Crippen molar-refractivity contribution in [3.8, 4) is 0 Å². The highest BCUT2D eigenvalue weighted by Crippen LogP contribution is 2.22. The molecule has 0 aliphatic rings.